The summed E-state index contributed by atoms with van der Waals surface area (Å²) in [7, 11) is 1.65. The van der Waals surface area contributed by atoms with Crippen molar-refractivity contribution in [3.05, 3.63) is 51.8 Å². The Morgan fingerprint density at radius 1 is 1.14 bits per heavy atom. The van der Waals surface area contributed by atoms with Gasteiger partial charge in [-0.25, -0.2) is 9.97 Å². The summed E-state index contributed by atoms with van der Waals surface area (Å²) in [5, 5.41) is 3.79. The number of aromatic nitrogens is 2. The third kappa shape index (κ3) is 4.00. The smallest absolute Gasteiger partial charge is 0.264 e. The Balaban J connectivity index is 1.51. The number of nitrogens with one attached hydrogen (secondary N) is 1. The lowest BCUT2D eigenvalue weighted by atomic mass is 10.1. The third-order valence-corrected chi connectivity index (χ3v) is 6.36. The zero-order valence-corrected chi connectivity index (χ0v) is 17.9. The molecule has 1 aromatic carbocycles. The molecule has 0 unspecified atom stereocenters. The minimum absolute atomic E-state index is 0.0155. The average Bonchev–Trinajstić information content (AvgIpc) is 3.47. The van der Waals surface area contributed by atoms with Crippen LogP contribution in [-0.2, 0) is 4.79 Å². The summed E-state index contributed by atoms with van der Waals surface area (Å²) in [6.45, 7) is 5.88. The maximum atomic E-state index is 13.0. The maximum absolute atomic E-state index is 13.0. The fraction of sp³-hybridized carbons (Fsp3) is 0.364. The summed E-state index contributed by atoms with van der Waals surface area (Å²) >= 11 is 1.39. The zero-order chi connectivity index (χ0) is 20.7. The van der Waals surface area contributed by atoms with E-state index < -0.39 is 0 Å². The SMILES string of the molecule is Cc1ccc(NC(=O)CN(C)C(=O)c2sc3nc(C4CC4)nc(C)c3c2C)cc1. The topological polar surface area (TPSA) is 75.2 Å². The molecule has 1 aliphatic carbocycles. The van der Waals surface area contributed by atoms with Gasteiger partial charge < -0.3 is 10.2 Å². The number of carbonyl (C=O) groups excluding carboxylic acids is 2. The third-order valence-electron chi connectivity index (χ3n) is 5.19. The van der Waals surface area contributed by atoms with Crippen LogP contribution in [0.25, 0.3) is 10.2 Å². The van der Waals surface area contributed by atoms with E-state index in [2.05, 4.69) is 10.3 Å². The van der Waals surface area contributed by atoms with Gasteiger partial charge in [-0.1, -0.05) is 17.7 Å². The molecule has 1 N–H and O–H groups in total. The Labute approximate surface area is 174 Å². The standard InChI is InChI=1S/C22H24N4O2S/c1-12-5-9-16(10-6-12)24-17(27)11-26(4)22(28)19-13(2)18-14(3)23-20(15-7-8-15)25-21(18)29-19/h5-6,9-10,15H,7-8,11H2,1-4H3,(H,24,27). The quantitative estimate of drug-likeness (QED) is 0.686. The summed E-state index contributed by atoms with van der Waals surface area (Å²) in [5.74, 6) is 0.960. The second-order valence-electron chi connectivity index (χ2n) is 7.75. The molecule has 150 valence electrons. The monoisotopic (exact) mass is 408 g/mol. The molecule has 1 aliphatic rings. The van der Waals surface area contributed by atoms with Crippen LogP contribution < -0.4 is 5.32 Å². The van der Waals surface area contributed by atoms with Crippen LogP contribution in [-0.4, -0.2) is 40.3 Å². The number of fused-ring (bicyclic) bond motifs is 1. The first-order valence-corrected chi connectivity index (χ1v) is 10.5. The highest BCUT2D eigenvalue weighted by Gasteiger charge is 2.29. The summed E-state index contributed by atoms with van der Waals surface area (Å²) < 4.78 is 0. The highest BCUT2D eigenvalue weighted by Crippen LogP contribution is 2.40. The van der Waals surface area contributed by atoms with E-state index in [0.29, 0.717) is 10.8 Å². The van der Waals surface area contributed by atoms with Gasteiger partial charge in [0.2, 0.25) is 5.91 Å². The number of likely N-dealkylation sites (N-methyl/N-ethyl adjacent to an activating group) is 1. The van der Waals surface area contributed by atoms with Gasteiger partial charge in [-0.2, -0.15) is 0 Å². The van der Waals surface area contributed by atoms with Gasteiger partial charge in [-0.15, -0.1) is 11.3 Å². The van der Waals surface area contributed by atoms with Gasteiger partial charge in [-0.05, 0) is 51.3 Å². The fourth-order valence-electron chi connectivity index (χ4n) is 3.39. The second-order valence-corrected chi connectivity index (χ2v) is 8.75. The van der Waals surface area contributed by atoms with Crippen molar-refractivity contribution in [1.29, 1.82) is 0 Å². The van der Waals surface area contributed by atoms with Crippen molar-refractivity contribution in [1.82, 2.24) is 14.9 Å². The molecule has 0 aliphatic heterocycles. The van der Waals surface area contributed by atoms with E-state index in [0.717, 1.165) is 51.4 Å². The molecule has 0 atom stereocenters. The lowest BCUT2D eigenvalue weighted by Crippen LogP contribution is -2.34. The van der Waals surface area contributed by atoms with Gasteiger partial charge in [0.05, 0.1) is 17.1 Å². The Morgan fingerprint density at radius 2 is 1.83 bits per heavy atom. The lowest BCUT2D eigenvalue weighted by molar-refractivity contribution is -0.116. The lowest BCUT2D eigenvalue weighted by Gasteiger charge is -2.16. The summed E-state index contributed by atoms with van der Waals surface area (Å²) in [4.78, 5) is 37.7. The Morgan fingerprint density at radius 3 is 2.48 bits per heavy atom. The largest absolute Gasteiger partial charge is 0.332 e. The van der Waals surface area contributed by atoms with E-state index in [1.807, 2.05) is 45.0 Å². The first-order chi connectivity index (χ1) is 13.8. The average molecular weight is 409 g/mol. The van der Waals surface area contributed by atoms with Crippen molar-refractivity contribution in [3.63, 3.8) is 0 Å². The van der Waals surface area contributed by atoms with Crippen LogP contribution in [0.2, 0.25) is 0 Å². The Hall–Kier alpha value is -2.80. The van der Waals surface area contributed by atoms with Crippen LogP contribution in [0.5, 0.6) is 0 Å². The van der Waals surface area contributed by atoms with Gasteiger partial charge in [0.1, 0.15) is 10.7 Å². The molecule has 6 nitrogen and oxygen atoms in total. The van der Waals surface area contributed by atoms with E-state index in [4.69, 9.17) is 4.98 Å². The van der Waals surface area contributed by atoms with E-state index >= 15 is 0 Å². The van der Waals surface area contributed by atoms with Crippen LogP contribution in [0.15, 0.2) is 24.3 Å². The number of amides is 2. The van der Waals surface area contributed by atoms with E-state index in [1.54, 1.807) is 7.05 Å². The van der Waals surface area contributed by atoms with Crippen LogP contribution in [0.1, 0.15) is 51.1 Å². The molecule has 0 radical (unpaired) electrons. The number of benzene rings is 1. The maximum Gasteiger partial charge on any atom is 0.264 e. The molecule has 4 rings (SSSR count). The minimum Gasteiger partial charge on any atom is -0.332 e. The highest BCUT2D eigenvalue weighted by atomic mass is 32.1. The van der Waals surface area contributed by atoms with Crippen LogP contribution in [0, 0.1) is 20.8 Å². The van der Waals surface area contributed by atoms with Gasteiger partial charge in [0.25, 0.3) is 5.91 Å². The molecule has 1 saturated carbocycles. The molecule has 2 aromatic heterocycles. The number of hydrogen-bond acceptors (Lipinski definition) is 5. The first-order valence-electron chi connectivity index (χ1n) is 9.73. The van der Waals surface area contributed by atoms with Crippen LogP contribution in [0.4, 0.5) is 5.69 Å². The Bertz CT molecular complexity index is 1100. The number of aryl methyl sites for hydroxylation is 3. The number of rotatable bonds is 5. The number of hydrogen-bond donors (Lipinski definition) is 1. The van der Waals surface area contributed by atoms with Crippen LogP contribution in [0.3, 0.4) is 0 Å². The van der Waals surface area contributed by atoms with Gasteiger partial charge in [0, 0.05) is 24.0 Å². The van der Waals surface area contributed by atoms with Crippen molar-refractivity contribution in [3.8, 4) is 0 Å². The molecular weight excluding hydrogens is 384 g/mol. The van der Waals surface area contributed by atoms with Crippen molar-refractivity contribution >= 4 is 39.1 Å². The van der Waals surface area contributed by atoms with E-state index in [-0.39, 0.29) is 18.4 Å². The summed E-state index contributed by atoms with van der Waals surface area (Å²) in [6, 6.07) is 7.57. The first kappa shape index (κ1) is 19.5. The van der Waals surface area contributed by atoms with Gasteiger partial charge in [-0.3, -0.25) is 9.59 Å². The fourth-order valence-corrected chi connectivity index (χ4v) is 4.62. The van der Waals surface area contributed by atoms with E-state index in [9.17, 15) is 9.59 Å². The molecule has 0 spiro atoms. The van der Waals surface area contributed by atoms with Gasteiger partial charge in [0.15, 0.2) is 0 Å². The molecular formula is C22H24N4O2S. The van der Waals surface area contributed by atoms with Gasteiger partial charge >= 0.3 is 0 Å². The molecule has 0 bridgehead atoms. The molecule has 3 aromatic rings. The van der Waals surface area contributed by atoms with Crippen molar-refractivity contribution < 1.29 is 9.59 Å². The normalized spacial score (nSPS) is 13.5. The van der Waals surface area contributed by atoms with Crippen molar-refractivity contribution in [2.75, 3.05) is 18.9 Å². The molecule has 2 heterocycles. The molecule has 1 fully saturated rings. The minimum atomic E-state index is -0.226. The highest BCUT2D eigenvalue weighted by molar-refractivity contribution is 7.20. The predicted molar refractivity (Wildman–Crippen MR) is 116 cm³/mol. The number of anilines is 1. The molecule has 7 heteroatoms. The van der Waals surface area contributed by atoms with Crippen molar-refractivity contribution in [2.24, 2.45) is 0 Å². The number of thiophene rings is 1. The number of carbonyl (C=O) groups is 2. The number of nitrogens with zero attached hydrogens (tertiary/aromatic N) is 3. The molecule has 29 heavy (non-hydrogen) atoms. The summed E-state index contributed by atoms with van der Waals surface area (Å²) in [6.07, 6.45) is 2.28. The molecule has 0 saturated heterocycles. The summed E-state index contributed by atoms with van der Waals surface area (Å²) in [5.41, 5.74) is 3.65. The van der Waals surface area contributed by atoms with Crippen LogP contribution >= 0.6 is 11.3 Å². The van der Waals surface area contributed by atoms with Crippen molar-refractivity contribution in [2.45, 2.75) is 39.5 Å². The van der Waals surface area contributed by atoms with E-state index in [1.165, 1.54) is 16.2 Å². The zero-order valence-electron chi connectivity index (χ0n) is 17.1. The molecule has 2 amide bonds. The second kappa shape index (κ2) is 7.55. The predicted octanol–water partition coefficient (Wildman–Crippen LogP) is 4.20. The Kier molecular flexibility index (Phi) is 5.08.